The molecule has 0 saturated heterocycles. The molecule has 1 aromatic rings. The average Bonchev–Trinajstić information content (AvgIpc) is 2.81. The van der Waals surface area contributed by atoms with Crippen molar-refractivity contribution >= 4 is 10.8 Å². The van der Waals surface area contributed by atoms with Crippen molar-refractivity contribution in [2.75, 3.05) is 5.75 Å². The molecular weight excluding hydrogens is 216 g/mol. The van der Waals surface area contributed by atoms with Crippen LogP contribution in [-0.2, 0) is 16.6 Å². The van der Waals surface area contributed by atoms with Gasteiger partial charge in [0.15, 0.2) is 0 Å². The number of benzene rings is 1. The molecule has 0 aromatic heterocycles. The number of rotatable bonds is 5. The van der Waals surface area contributed by atoms with E-state index in [1.807, 2.05) is 30.3 Å². The van der Waals surface area contributed by atoms with Crippen LogP contribution in [0, 0.1) is 0 Å². The molecule has 1 aliphatic rings. The molecule has 0 heterocycles. The molecule has 1 aliphatic carbocycles. The molecule has 1 unspecified atom stereocenters. The fourth-order valence-electron chi connectivity index (χ4n) is 2.04. The van der Waals surface area contributed by atoms with Gasteiger partial charge in [-0.25, -0.2) is 0 Å². The van der Waals surface area contributed by atoms with E-state index in [0.717, 1.165) is 12.2 Å². The first-order valence-corrected chi connectivity index (χ1v) is 7.40. The van der Waals surface area contributed by atoms with Crippen LogP contribution in [0.5, 0.6) is 0 Å². The van der Waals surface area contributed by atoms with Crippen molar-refractivity contribution in [2.24, 2.45) is 0 Å². The van der Waals surface area contributed by atoms with Crippen LogP contribution in [-0.4, -0.2) is 9.96 Å². The van der Waals surface area contributed by atoms with E-state index in [4.69, 9.17) is 0 Å². The largest absolute Gasteiger partial charge is 0.259 e. The SMILES string of the molecule is O=S(CCC1=CCCC1)Cc1ccccc1. The van der Waals surface area contributed by atoms with Gasteiger partial charge in [0.05, 0.1) is 0 Å². The first-order valence-electron chi connectivity index (χ1n) is 5.91. The van der Waals surface area contributed by atoms with E-state index in [2.05, 4.69) is 6.08 Å². The van der Waals surface area contributed by atoms with E-state index < -0.39 is 10.8 Å². The Morgan fingerprint density at radius 3 is 2.69 bits per heavy atom. The summed E-state index contributed by atoms with van der Waals surface area (Å²) in [5.41, 5.74) is 2.70. The molecule has 0 spiro atoms. The Morgan fingerprint density at radius 2 is 2.00 bits per heavy atom. The molecule has 2 rings (SSSR count). The zero-order valence-electron chi connectivity index (χ0n) is 9.52. The highest BCUT2D eigenvalue weighted by Gasteiger charge is 2.07. The lowest BCUT2D eigenvalue weighted by Crippen LogP contribution is -2.01. The van der Waals surface area contributed by atoms with Gasteiger partial charge in [-0.2, -0.15) is 0 Å². The van der Waals surface area contributed by atoms with E-state index in [1.165, 1.54) is 30.4 Å². The van der Waals surface area contributed by atoms with E-state index in [9.17, 15) is 4.21 Å². The van der Waals surface area contributed by atoms with Gasteiger partial charge in [-0.05, 0) is 31.2 Å². The second-order valence-electron chi connectivity index (χ2n) is 4.28. The molecule has 0 aliphatic heterocycles. The standard InChI is InChI=1S/C14H18OS/c15-16(11-10-13-6-4-5-7-13)12-14-8-2-1-3-9-14/h1-3,6,8-9H,4-5,7,10-12H2. The van der Waals surface area contributed by atoms with Crippen molar-refractivity contribution in [3.63, 3.8) is 0 Å². The van der Waals surface area contributed by atoms with Gasteiger partial charge in [-0.3, -0.25) is 4.21 Å². The van der Waals surface area contributed by atoms with Crippen LogP contribution < -0.4 is 0 Å². The maximum Gasteiger partial charge on any atom is 0.0485 e. The minimum Gasteiger partial charge on any atom is -0.259 e. The summed E-state index contributed by atoms with van der Waals surface area (Å²) in [7, 11) is -0.708. The van der Waals surface area contributed by atoms with Gasteiger partial charge in [0.25, 0.3) is 0 Å². The lowest BCUT2D eigenvalue weighted by Gasteiger charge is -2.03. The Bertz CT molecular complexity index is 381. The third-order valence-corrected chi connectivity index (χ3v) is 4.27. The number of allylic oxidation sites excluding steroid dienone is 2. The van der Waals surface area contributed by atoms with Gasteiger partial charge in [0.1, 0.15) is 0 Å². The van der Waals surface area contributed by atoms with Crippen LogP contribution in [0.2, 0.25) is 0 Å². The van der Waals surface area contributed by atoms with Gasteiger partial charge in [0.2, 0.25) is 0 Å². The summed E-state index contributed by atoms with van der Waals surface area (Å²) in [4.78, 5) is 0. The Morgan fingerprint density at radius 1 is 1.19 bits per heavy atom. The Kier molecular flexibility index (Phi) is 4.34. The van der Waals surface area contributed by atoms with Crippen molar-refractivity contribution < 1.29 is 4.21 Å². The van der Waals surface area contributed by atoms with Crippen LogP contribution in [0.3, 0.4) is 0 Å². The fraction of sp³-hybridized carbons (Fsp3) is 0.429. The smallest absolute Gasteiger partial charge is 0.0485 e. The highest BCUT2D eigenvalue weighted by molar-refractivity contribution is 7.84. The second kappa shape index (κ2) is 6.00. The summed E-state index contributed by atoms with van der Waals surface area (Å²) in [6.07, 6.45) is 7.09. The van der Waals surface area contributed by atoms with E-state index in [0.29, 0.717) is 5.75 Å². The molecule has 0 radical (unpaired) electrons. The highest BCUT2D eigenvalue weighted by Crippen LogP contribution is 2.20. The molecule has 1 atom stereocenters. The van der Waals surface area contributed by atoms with Crippen LogP contribution >= 0.6 is 0 Å². The number of hydrogen-bond acceptors (Lipinski definition) is 1. The molecule has 2 heteroatoms. The third kappa shape index (κ3) is 3.60. The predicted molar refractivity (Wildman–Crippen MR) is 69.7 cm³/mol. The van der Waals surface area contributed by atoms with Crippen molar-refractivity contribution in [1.29, 1.82) is 0 Å². The minimum absolute atomic E-state index is 0.702. The molecule has 1 nitrogen and oxygen atoms in total. The predicted octanol–water partition coefficient (Wildman–Crippen LogP) is 3.44. The van der Waals surface area contributed by atoms with Crippen molar-refractivity contribution in [2.45, 2.75) is 31.4 Å². The molecular formula is C14H18OS. The van der Waals surface area contributed by atoms with Crippen LogP contribution in [0.4, 0.5) is 0 Å². The summed E-state index contributed by atoms with van der Waals surface area (Å²) in [5, 5.41) is 0. The van der Waals surface area contributed by atoms with Crippen molar-refractivity contribution in [1.82, 2.24) is 0 Å². The monoisotopic (exact) mass is 234 g/mol. The Hall–Kier alpha value is -0.890. The van der Waals surface area contributed by atoms with Crippen molar-refractivity contribution in [3.05, 3.63) is 47.5 Å². The van der Waals surface area contributed by atoms with E-state index in [1.54, 1.807) is 0 Å². The molecule has 1 aromatic carbocycles. The average molecular weight is 234 g/mol. The minimum atomic E-state index is -0.708. The van der Waals surface area contributed by atoms with E-state index >= 15 is 0 Å². The maximum atomic E-state index is 11.9. The Balaban J connectivity index is 1.76. The first kappa shape index (κ1) is 11.6. The van der Waals surface area contributed by atoms with Crippen LogP contribution in [0.25, 0.3) is 0 Å². The van der Waals surface area contributed by atoms with Gasteiger partial charge in [-0.1, -0.05) is 42.0 Å². The summed E-state index contributed by atoms with van der Waals surface area (Å²) in [6, 6.07) is 10.1. The summed E-state index contributed by atoms with van der Waals surface area (Å²) >= 11 is 0. The zero-order valence-corrected chi connectivity index (χ0v) is 10.3. The van der Waals surface area contributed by atoms with Gasteiger partial charge in [-0.15, -0.1) is 0 Å². The summed E-state index contributed by atoms with van der Waals surface area (Å²) < 4.78 is 11.9. The third-order valence-electron chi connectivity index (χ3n) is 2.96. The van der Waals surface area contributed by atoms with Gasteiger partial charge in [0, 0.05) is 22.3 Å². The Labute approximate surface area is 100 Å². The van der Waals surface area contributed by atoms with Crippen LogP contribution in [0.1, 0.15) is 31.2 Å². The maximum absolute atomic E-state index is 11.9. The quantitative estimate of drug-likeness (QED) is 0.713. The topological polar surface area (TPSA) is 17.1 Å². The summed E-state index contributed by atoms with van der Waals surface area (Å²) in [6.45, 7) is 0. The summed E-state index contributed by atoms with van der Waals surface area (Å²) in [5.74, 6) is 1.52. The molecule has 16 heavy (non-hydrogen) atoms. The van der Waals surface area contributed by atoms with Crippen LogP contribution in [0.15, 0.2) is 42.0 Å². The van der Waals surface area contributed by atoms with Crippen molar-refractivity contribution in [3.8, 4) is 0 Å². The van der Waals surface area contributed by atoms with Gasteiger partial charge < -0.3 is 0 Å². The lowest BCUT2D eigenvalue weighted by molar-refractivity contribution is 0.681. The molecule has 0 amide bonds. The first-order chi connectivity index (χ1) is 7.84. The normalized spacial score (nSPS) is 17.1. The number of hydrogen-bond donors (Lipinski definition) is 0. The lowest BCUT2D eigenvalue weighted by atomic mass is 10.2. The second-order valence-corrected chi connectivity index (χ2v) is 5.86. The van der Waals surface area contributed by atoms with E-state index in [-0.39, 0.29) is 0 Å². The fourth-order valence-corrected chi connectivity index (χ4v) is 3.24. The molecule has 0 bridgehead atoms. The highest BCUT2D eigenvalue weighted by atomic mass is 32.2. The van der Waals surface area contributed by atoms with Gasteiger partial charge >= 0.3 is 0 Å². The zero-order chi connectivity index (χ0) is 11.2. The molecule has 0 saturated carbocycles. The molecule has 0 N–H and O–H groups in total. The molecule has 86 valence electrons. The molecule has 0 fully saturated rings.